The van der Waals surface area contributed by atoms with Crippen LogP contribution >= 0.6 is 15.9 Å². The number of nitrogens with two attached hydrogens (primary N) is 2. The summed E-state index contributed by atoms with van der Waals surface area (Å²) < 4.78 is 6.30. The van der Waals surface area contributed by atoms with Gasteiger partial charge in [0.1, 0.15) is 5.75 Å². The number of carbonyl (C=O) groups excluding carboxylic acids is 1. The van der Waals surface area contributed by atoms with Crippen molar-refractivity contribution in [1.82, 2.24) is 0 Å². The fourth-order valence-corrected chi connectivity index (χ4v) is 2.26. The van der Waals surface area contributed by atoms with E-state index >= 15 is 0 Å². The van der Waals surface area contributed by atoms with Crippen LogP contribution in [0.25, 0.3) is 0 Å². The van der Waals surface area contributed by atoms with Gasteiger partial charge in [0, 0.05) is 21.4 Å². The molecular formula is C15H15BrN2O2. The van der Waals surface area contributed by atoms with Crippen molar-refractivity contribution in [3.8, 4) is 5.75 Å². The van der Waals surface area contributed by atoms with E-state index in [0.717, 1.165) is 4.47 Å². The number of ether oxygens (including phenoxy) is 1. The van der Waals surface area contributed by atoms with Crippen molar-refractivity contribution in [2.45, 2.75) is 6.92 Å². The van der Waals surface area contributed by atoms with Gasteiger partial charge >= 0.3 is 0 Å². The molecule has 2 aromatic rings. The first kappa shape index (κ1) is 14.4. The monoisotopic (exact) mass is 334 g/mol. The third-order valence-corrected chi connectivity index (χ3v) is 3.30. The number of nitrogen functional groups attached to an aromatic ring is 2. The van der Waals surface area contributed by atoms with E-state index in [2.05, 4.69) is 15.9 Å². The van der Waals surface area contributed by atoms with Crippen LogP contribution in [0.4, 0.5) is 11.4 Å². The van der Waals surface area contributed by atoms with E-state index in [0.29, 0.717) is 34.9 Å². The fraction of sp³-hybridized carbons (Fsp3) is 0.133. The van der Waals surface area contributed by atoms with Crippen molar-refractivity contribution in [3.05, 3.63) is 52.0 Å². The van der Waals surface area contributed by atoms with Crippen molar-refractivity contribution in [3.63, 3.8) is 0 Å². The Labute approximate surface area is 125 Å². The largest absolute Gasteiger partial charge is 0.493 e. The van der Waals surface area contributed by atoms with E-state index in [1.165, 1.54) is 0 Å². The zero-order valence-electron chi connectivity index (χ0n) is 11.0. The molecule has 2 rings (SSSR count). The van der Waals surface area contributed by atoms with E-state index in [-0.39, 0.29) is 5.78 Å². The predicted octanol–water partition coefficient (Wildman–Crippen LogP) is 3.24. The Balaban J connectivity index is 2.49. The average molecular weight is 335 g/mol. The molecule has 0 heterocycles. The Bertz CT molecular complexity index is 656. The number of carbonyl (C=O) groups is 1. The minimum atomic E-state index is -0.188. The van der Waals surface area contributed by atoms with Crippen LogP contribution in [-0.4, -0.2) is 12.4 Å². The van der Waals surface area contributed by atoms with Crippen LogP contribution in [0, 0.1) is 0 Å². The zero-order chi connectivity index (χ0) is 14.7. The number of benzene rings is 2. The van der Waals surface area contributed by atoms with Crippen LogP contribution in [0.15, 0.2) is 40.9 Å². The minimum absolute atomic E-state index is 0.188. The van der Waals surface area contributed by atoms with Crippen LogP contribution in [0.5, 0.6) is 5.75 Å². The molecule has 0 aliphatic carbocycles. The quantitative estimate of drug-likeness (QED) is 0.664. The Morgan fingerprint density at radius 3 is 2.55 bits per heavy atom. The summed E-state index contributed by atoms with van der Waals surface area (Å²) in [5.41, 5.74) is 13.3. The molecule has 0 fully saturated rings. The summed E-state index contributed by atoms with van der Waals surface area (Å²) in [7, 11) is 0. The van der Waals surface area contributed by atoms with Gasteiger partial charge in [-0.2, -0.15) is 0 Å². The summed E-state index contributed by atoms with van der Waals surface area (Å²) >= 11 is 3.36. The summed E-state index contributed by atoms with van der Waals surface area (Å²) in [5.74, 6) is 0.351. The highest BCUT2D eigenvalue weighted by molar-refractivity contribution is 9.10. The van der Waals surface area contributed by atoms with Crippen molar-refractivity contribution >= 4 is 33.1 Å². The number of rotatable bonds is 4. The molecule has 104 valence electrons. The van der Waals surface area contributed by atoms with Gasteiger partial charge < -0.3 is 16.2 Å². The van der Waals surface area contributed by atoms with E-state index in [9.17, 15) is 4.79 Å². The Hall–Kier alpha value is -2.01. The van der Waals surface area contributed by atoms with Crippen LogP contribution in [-0.2, 0) is 0 Å². The predicted molar refractivity (Wildman–Crippen MR) is 84.0 cm³/mol. The first-order valence-corrected chi connectivity index (χ1v) is 6.94. The van der Waals surface area contributed by atoms with Crippen molar-refractivity contribution in [1.29, 1.82) is 0 Å². The minimum Gasteiger partial charge on any atom is -0.493 e. The number of halogens is 1. The lowest BCUT2D eigenvalue weighted by Crippen LogP contribution is -2.08. The average Bonchev–Trinajstić information content (AvgIpc) is 2.40. The molecule has 4 nitrogen and oxygen atoms in total. The number of anilines is 2. The molecule has 20 heavy (non-hydrogen) atoms. The van der Waals surface area contributed by atoms with Crippen LogP contribution in [0.1, 0.15) is 22.8 Å². The molecule has 0 amide bonds. The van der Waals surface area contributed by atoms with Gasteiger partial charge in [-0.05, 0) is 43.3 Å². The van der Waals surface area contributed by atoms with Crippen molar-refractivity contribution < 1.29 is 9.53 Å². The molecule has 0 saturated carbocycles. The third kappa shape index (κ3) is 2.93. The van der Waals surface area contributed by atoms with E-state index in [1.54, 1.807) is 30.3 Å². The lowest BCUT2D eigenvalue weighted by molar-refractivity contribution is 0.103. The van der Waals surface area contributed by atoms with E-state index < -0.39 is 0 Å². The first-order chi connectivity index (χ1) is 9.52. The highest BCUT2D eigenvalue weighted by Gasteiger charge is 2.17. The zero-order valence-corrected chi connectivity index (χ0v) is 12.6. The van der Waals surface area contributed by atoms with Gasteiger partial charge in [0.15, 0.2) is 5.78 Å². The normalized spacial score (nSPS) is 10.3. The Morgan fingerprint density at radius 1 is 1.15 bits per heavy atom. The molecule has 2 aromatic carbocycles. The molecule has 0 unspecified atom stereocenters. The fourth-order valence-electron chi connectivity index (χ4n) is 1.89. The summed E-state index contributed by atoms with van der Waals surface area (Å²) in [6, 6.07) is 10.2. The smallest absolute Gasteiger partial charge is 0.198 e. The molecule has 0 aliphatic heterocycles. The van der Waals surface area contributed by atoms with Gasteiger partial charge in [0.05, 0.1) is 12.2 Å². The molecule has 0 saturated heterocycles. The SMILES string of the molecule is CCOc1ccc(Br)cc1C(=O)c1ccc(N)cc1N. The molecular weight excluding hydrogens is 320 g/mol. The summed E-state index contributed by atoms with van der Waals surface area (Å²) in [6.07, 6.45) is 0. The number of hydrogen-bond acceptors (Lipinski definition) is 4. The Kier molecular flexibility index (Phi) is 4.29. The highest BCUT2D eigenvalue weighted by atomic mass is 79.9. The maximum atomic E-state index is 12.6. The van der Waals surface area contributed by atoms with Gasteiger partial charge in [-0.25, -0.2) is 0 Å². The standard InChI is InChI=1S/C15H15BrN2O2/c1-2-20-14-6-3-9(16)7-12(14)15(19)11-5-4-10(17)8-13(11)18/h3-8H,2,17-18H2,1H3. The van der Waals surface area contributed by atoms with Gasteiger partial charge in [-0.15, -0.1) is 0 Å². The maximum Gasteiger partial charge on any atom is 0.198 e. The van der Waals surface area contributed by atoms with Gasteiger partial charge in [0.2, 0.25) is 0 Å². The molecule has 0 aliphatic rings. The maximum absolute atomic E-state index is 12.6. The van der Waals surface area contributed by atoms with Crippen molar-refractivity contribution in [2.24, 2.45) is 0 Å². The third-order valence-electron chi connectivity index (χ3n) is 2.81. The topological polar surface area (TPSA) is 78.3 Å². The van der Waals surface area contributed by atoms with Crippen LogP contribution < -0.4 is 16.2 Å². The number of ketones is 1. The highest BCUT2D eigenvalue weighted by Crippen LogP contribution is 2.28. The molecule has 0 radical (unpaired) electrons. The van der Waals surface area contributed by atoms with Crippen molar-refractivity contribution in [2.75, 3.05) is 18.1 Å². The lowest BCUT2D eigenvalue weighted by Gasteiger charge is -2.11. The first-order valence-electron chi connectivity index (χ1n) is 6.15. The molecule has 0 aromatic heterocycles. The molecule has 4 N–H and O–H groups in total. The van der Waals surface area contributed by atoms with E-state index in [1.807, 2.05) is 13.0 Å². The Morgan fingerprint density at radius 2 is 1.90 bits per heavy atom. The molecule has 5 heteroatoms. The van der Waals surface area contributed by atoms with Crippen LogP contribution in [0.3, 0.4) is 0 Å². The van der Waals surface area contributed by atoms with E-state index in [4.69, 9.17) is 16.2 Å². The summed E-state index contributed by atoms with van der Waals surface area (Å²) in [5, 5.41) is 0. The summed E-state index contributed by atoms with van der Waals surface area (Å²) in [6.45, 7) is 2.35. The second-order valence-corrected chi connectivity index (χ2v) is 5.16. The van der Waals surface area contributed by atoms with Gasteiger partial charge in [-0.1, -0.05) is 15.9 Å². The van der Waals surface area contributed by atoms with Gasteiger partial charge in [0.25, 0.3) is 0 Å². The molecule has 0 atom stereocenters. The molecule has 0 bridgehead atoms. The summed E-state index contributed by atoms with van der Waals surface area (Å²) in [4.78, 5) is 12.6. The number of hydrogen-bond donors (Lipinski definition) is 2. The lowest BCUT2D eigenvalue weighted by atomic mass is 10.0. The van der Waals surface area contributed by atoms with Crippen LogP contribution in [0.2, 0.25) is 0 Å². The van der Waals surface area contributed by atoms with Gasteiger partial charge in [-0.3, -0.25) is 4.79 Å². The second kappa shape index (κ2) is 5.96. The second-order valence-electron chi connectivity index (χ2n) is 4.25. The molecule has 0 spiro atoms.